The third-order valence-corrected chi connectivity index (χ3v) is 11.7. The summed E-state index contributed by atoms with van der Waals surface area (Å²) in [4.78, 5) is 131. The van der Waals surface area contributed by atoms with Gasteiger partial charge in [0.15, 0.2) is 11.9 Å². The van der Waals surface area contributed by atoms with Crippen molar-refractivity contribution >= 4 is 65.1 Å². The van der Waals surface area contributed by atoms with Crippen molar-refractivity contribution < 1.29 is 43.2 Å². The Balaban J connectivity index is 1.95. The van der Waals surface area contributed by atoms with Crippen LogP contribution in [0.2, 0.25) is 0 Å². The number of hydrogen-bond donors (Lipinski definition) is 12. The van der Waals surface area contributed by atoms with Crippen LogP contribution in [0, 0.1) is 11.8 Å². The first-order chi connectivity index (χ1) is 34.6. The molecule has 0 unspecified atom stereocenters. The van der Waals surface area contributed by atoms with Gasteiger partial charge >= 0.3 is 0 Å². The van der Waals surface area contributed by atoms with Gasteiger partial charge in [-0.25, -0.2) is 0 Å². The number of nitrogens with one attached hydrogen (secondary N) is 6. The van der Waals surface area contributed by atoms with E-state index in [2.05, 4.69) is 41.9 Å². The Kier molecular flexibility index (Phi) is 24.6. The Morgan fingerprint density at radius 3 is 1.47 bits per heavy atom. The number of guanidine groups is 2. The predicted octanol–water partition coefficient (Wildman–Crippen LogP) is -2.46. The smallest absolute Gasteiger partial charge is 0.245 e. The van der Waals surface area contributed by atoms with Gasteiger partial charge in [0.1, 0.15) is 42.3 Å². The SMILES string of the molecule is CC(C)C[C@H](NC(=O)[C@H](Cc1ccccc1)NC(=O)C(C)C)C(=O)N[C@@H](Cc1ccccc1)C(=O)N[C@@H](CCCN=C(N)N)C(=O)N1CCC[C@H]1C(=O)N[C@@H](CCCN=C(N)N)C(=O)N[C@@H](CC(N)=O)C(N)=O. The molecule has 1 aliphatic heterocycles. The number of likely N-dealkylation sites (tertiary alicyclic amines) is 1. The summed E-state index contributed by atoms with van der Waals surface area (Å²) in [6, 6.07) is 9.21. The maximum absolute atomic E-state index is 14.7. The van der Waals surface area contributed by atoms with Crippen LogP contribution in [-0.2, 0) is 56.0 Å². The molecule has 0 saturated carbocycles. The first-order valence-corrected chi connectivity index (χ1v) is 24.4. The van der Waals surface area contributed by atoms with Crippen LogP contribution >= 0.6 is 0 Å². The van der Waals surface area contributed by atoms with Crippen molar-refractivity contribution in [3.63, 3.8) is 0 Å². The second-order valence-electron chi connectivity index (χ2n) is 18.7. The summed E-state index contributed by atoms with van der Waals surface area (Å²) >= 11 is 0. The van der Waals surface area contributed by atoms with E-state index in [1.54, 1.807) is 44.2 Å². The summed E-state index contributed by atoms with van der Waals surface area (Å²) in [5.41, 5.74) is 34.1. The highest BCUT2D eigenvalue weighted by Gasteiger charge is 2.40. The van der Waals surface area contributed by atoms with E-state index in [1.165, 1.54) is 4.90 Å². The van der Waals surface area contributed by atoms with Crippen LogP contribution in [0.5, 0.6) is 0 Å². The Morgan fingerprint density at radius 2 is 1.00 bits per heavy atom. The number of amides is 9. The molecular weight excluding hydrogens is 943 g/mol. The van der Waals surface area contributed by atoms with E-state index in [0.29, 0.717) is 12.0 Å². The molecule has 24 nitrogen and oxygen atoms in total. The van der Waals surface area contributed by atoms with Gasteiger partial charge in [0, 0.05) is 38.4 Å². The average molecular weight is 1020 g/mol. The number of nitrogens with zero attached hydrogens (tertiary/aromatic N) is 3. The molecule has 2 aromatic rings. The molecule has 1 heterocycles. The van der Waals surface area contributed by atoms with Crippen LogP contribution in [0.3, 0.4) is 0 Å². The summed E-state index contributed by atoms with van der Waals surface area (Å²) in [5.74, 6) is -7.54. The Labute approximate surface area is 425 Å². The summed E-state index contributed by atoms with van der Waals surface area (Å²) in [5, 5.41) is 16.3. The number of aliphatic imine (C=N–C) groups is 2. The summed E-state index contributed by atoms with van der Waals surface area (Å²) in [6.07, 6.45) is 0.527. The molecule has 400 valence electrons. The second kappa shape index (κ2) is 30.2. The lowest BCUT2D eigenvalue weighted by Gasteiger charge is -2.31. The van der Waals surface area contributed by atoms with Crippen LogP contribution in [0.15, 0.2) is 70.6 Å². The maximum Gasteiger partial charge on any atom is 0.245 e. The molecule has 1 saturated heterocycles. The van der Waals surface area contributed by atoms with Crippen molar-refractivity contribution in [2.24, 2.45) is 56.2 Å². The standard InChI is InChI=1S/C49H75N15O9/c1-28(2)24-35(62-45(71)36(61-41(67)29(3)4)25-30-14-7-5-8-15-30)43(69)63-37(26-31-16-9-6-10-17-31)44(70)59-33(19-12-22-57-49(54)55)47(73)64-23-13-20-38(64)46(72)58-32(18-11-21-56-48(52)53)42(68)60-34(40(51)66)27-39(50)65/h5-10,14-17,28-29,32-38H,11-13,18-27H2,1-4H3,(H2,50,65)(H2,51,66)(H,58,72)(H,59,70)(H,60,68)(H,61,67)(H,62,71)(H,63,69)(H4,52,53,56)(H4,54,55,57)/t32-,33-,34-,35-,36-,37-,38-/m0/s1. The zero-order valence-electron chi connectivity index (χ0n) is 42.1. The number of benzene rings is 2. The van der Waals surface area contributed by atoms with Crippen LogP contribution in [0.1, 0.15) is 90.2 Å². The number of rotatable bonds is 30. The lowest BCUT2D eigenvalue weighted by Crippen LogP contribution is -2.60. The molecule has 73 heavy (non-hydrogen) atoms. The van der Waals surface area contributed by atoms with Gasteiger partial charge in [0.2, 0.25) is 53.2 Å². The fourth-order valence-electron chi connectivity index (χ4n) is 7.98. The van der Waals surface area contributed by atoms with Gasteiger partial charge in [0.25, 0.3) is 0 Å². The molecule has 7 atom stereocenters. The zero-order chi connectivity index (χ0) is 54.2. The van der Waals surface area contributed by atoms with E-state index >= 15 is 0 Å². The zero-order valence-corrected chi connectivity index (χ0v) is 42.1. The lowest BCUT2D eigenvalue weighted by molar-refractivity contribution is -0.142. The molecule has 0 bridgehead atoms. The fourth-order valence-corrected chi connectivity index (χ4v) is 7.98. The van der Waals surface area contributed by atoms with Gasteiger partial charge in [-0.1, -0.05) is 88.4 Å². The first-order valence-electron chi connectivity index (χ1n) is 24.4. The van der Waals surface area contributed by atoms with Gasteiger partial charge < -0.3 is 71.2 Å². The minimum Gasteiger partial charge on any atom is -0.370 e. The number of carbonyl (C=O) groups excluding carboxylic acids is 9. The number of carbonyl (C=O) groups is 9. The van der Waals surface area contributed by atoms with Gasteiger partial charge in [-0.15, -0.1) is 0 Å². The van der Waals surface area contributed by atoms with E-state index in [1.807, 2.05) is 44.2 Å². The van der Waals surface area contributed by atoms with Crippen molar-refractivity contribution in [3.8, 4) is 0 Å². The Bertz CT molecular complexity index is 2250. The topological polar surface area (TPSA) is 410 Å². The van der Waals surface area contributed by atoms with Crippen molar-refractivity contribution in [2.45, 2.75) is 134 Å². The van der Waals surface area contributed by atoms with Crippen LogP contribution < -0.4 is 66.3 Å². The van der Waals surface area contributed by atoms with Crippen LogP contribution in [0.4, 0.5) is 0 Å². The third kappa shape index (κ3) is 21.2. The third-order valence-electron chi connectivity index (χ3n) is 11.7. The van der Waals surface area contributed by atoms with Crippen molar-refractivity contribution in [3.05, 3.63) is 71.8 Å². The quantitative estimate of drug-likeness (QED) is 0.0220. The molecule has 9 amide bonds. The maximum atomic E-state index is 14.7. The van der Waals surface area contributed by atoms with Gasteiger partial charge in [-0.05, 0) is 62.0 Å². The molecule has 0 aromatic heterocycles. The minimum absolute atomic E-state index is 0.0146. The molecule has 1 fully saturated rings. The van der Waals surface area contributed by atoms with Crippen LogP contribution in [-0.4, -0.2) is 132 Å². The summed E-state index contributed by atoms with van der Waals surface area (Å²) < 4.78 is 0. The summed E-state index contributed by atoms with van der Waals surface area (Å²) in [7, 11) is 0. The Morgan fingerprint density at radius 1 is 0.562 bits per heavy atom. The molecule has 0 aliphatic carbocycles. The van der Waals surface area contributed by atoms with Crippen molar-refractivity contribution in [1.82, 2.24) is 36.8 Å². The predicted molar refractivity (Wildman–Crippen MR) is 274 cm³/mol. The van der Waals surface area contributed by atoms with Crippen LogP contribution in [0.25, 0.3) is 0 Å². The molecule has 3 rings (SSSR count). The average Bonchev–Trinajstić information content (AvgIpc) is 3.83. The van der Waals surface area contributed by atoms with Crippen molar-refractivity contribution in [1.29, 1.82) is 0 Å². The monoisotopic (exact) mass is 1020 g/mol. The largest absolute Gasteiger partial charge is 0.370 e. The highest BCUT2D eigenvalue weighted by atomic mass is 16.2. The fraction of sp³-hybridized carbons (Fsp3) is 0.531. The lowest BCUT2D eigenvalue weighted by atomic mass is 9.99. The van der Waals surface area contributed by atoms with E-state index in [9.17, 15) is 43.2 Å². The van der Waals surface area contributed by atoms with E-state index in [-0.39, 0.29) is 94.7 Å². The van der Waals surface area contributed by atoms with E-state index in [4.69, 9.17) is 34.4 Å². The highest BCUT2D eigenvalue weighted by Crippen LogP contribution is 2.21. The molecule has 24 heteroatoms. The number of nitrogens with two attached hydrogens (primary N) is 6. The summed E-state index contributed by atoms with van der Waals surface area (Å²) in [6.45, 7) is 7.36. The Hall–Kier alpha value is -7.79. The number of primary amides is 2. The molecule has 1 aliphatic rings. The van der Waals surface area contributed by atoms with Crippen molar-refractivity contribution in [2.75, 3.05) is 19.6 Å². The van der Waals surface area contributed by atoms with Gasteiger partial charge in [0.05, 0.1) is 6.42 Å². The normalized spacial score (nSPS) is 15.5. The minimum atomic E-state index is -1.48. The van der Waals surface area contributed by atoms with Gasteiger partial charge in [-0.3, -0.25) is 53.1 Å². The molecule has 0 spiro atoms. The van der Waals surface area contributed by atoms with Gasteiger partial charge in [-0.2, -0.15) is 0 Å². The molecular formula is C49H75N15O9. The molecule has 18 N–H and O–H groups in total. The molecule has 2 aromatic carbocycles. The number of hydrogen-bond acceptors (Lipinski definition) is 11. The van der Waals surface area contributed by atoms with E-state index in [0.717, 1.165) is 5.56 Å². The molecule has 0 radical (unpaired) electrons. The second-order valence-corrected chi connectivity index (χ2v) is 18.7. The first kappa shape index (κ1) is 59.5. The van der Waals surface area contributed by atoms with E-state index < -0.39 is 102 Å². The highest BCUT2D eigenvalue weighted by molar-refractivity contribution is 5.98.